The van der Waals surface area contributed by atoms with Gasteiger partial charge >= 0.3 is 0 Å². The van der Waals surface area contributed by atoms with E-state index in [2.05, 4.69) is 15.5 Å². The number of amides is 1. The lowest BCUT2D eigenvalue weighted by atomic mass is 10.1. The summed E-state index contributed by atoms with van der Waals surface area (Å²) in [6.45, 7) is 1.77. The number of carbonyl (C=O) groups excluding carboxylic acids is 1. The summed E-state index contributed by atoms with van der Waals surface area (Å²) in [7, 11) is 1.82. The molecule has 0 radical (unpaired) electrons. The minimum Gasteiger partial charge on any atom is -0.339 e. The fourth-order valence-electron chi connectivity index (χ4n) is 2.34. The number of aryl methyl sites for hydroxylation is 1. The molecule has 0 aliphatic carbocycles. The zero-order valence-corrected chi connectivity index (χ0v) is 12.7. The third-order valence-electron chi connectivity index (χ3n) is 3.54. The number of rotatable bonds is 4. The van der Waals surface area contributed by atoms with Gasteiger partial charge in [0.25, 0.3) is 5.91 Å². The van der Waals surface area contributed by atoms with Crippen molar-refractivity contribution in [3.8, 4) is 0 Å². The Bertz CT molecular complexity index is 619. The van der Waals surface area contributed by atoms with Crippen LogP contribution in [0.4, 0.5) is 0 Å². The van der Waals surface area contributed by atoms with E-state index in [0.717, 1.165) is 48.0 Å². The van der Waals surface area contributed by atoms with E-state index in [4.69, 9.17) is 0 Å². The van der Waals surface area contributed by atoms with Crippen LogP contribution in [-0.4, -0.2) is 44.1 Å². The standard InChI is InChI=1S/C14H17N5OS/c1-18-14(15-16-17-18)21-10-11-4-6-12(7-5-11)13(20)19-8-2-3-9-19/h4-7H,2-3,8-10H2,1H3. The van der Waals surface area contributed by atoms with E-state index in [1.165, 1.54) is 0 Å². The molecule has 0 bridgehead atoms. The zero-order valence-electron chi connectivity index (χ0n) is 11.9. The van der Waals surface area contributed by atoms with Gasteiger partial charge in [-0.3, -0.25) is 4.79 Å². The molecule has 2 heterocycles. The molecule has 3 rings (SSSR count). The zero-order chi connectivity index (χ0) is 14.7. The second-order valence-corrected chi connectivity index (χ2v) is 6.01. The van der Waals surface area contributed by atoms with Crippen molar-refractivity contribution in [1.82, 2.24) is 25.1 Å². The highest BCUT2D eigenvalue weighted by atomic mass is 32.2. The highest BCUT2D eigenvalue weighted by molar-refractivity contribution is 7.98. The molecule has 1 aromatic heterocycles. The Hall–Kier alpha value is -1.89. The summed E-state index contributed by atoms with van der Waals surface area (Å²) in [4.78, 5) is 14.2. The van der Waals surface area contributed by atoms with E-state index in [1.807, 2.05) is 36.2 Å². The predicted molar refractivity (Wildman–Crippen MR) is 79.9 cm³/mol. The van der Waals surface area contributed by atoms with Gasteiger partial charge in [-0.05, 0) is 41.0 Å². The number of carbonyl (C=O) groups is 1. The molecule has 1 aliphatic rings. The van der Waals surface area contributed by atoms with Gasteiger partial charge in [0.15, 0.2) is 0 Å². The van der Waals surface area contributed by atoms with Crippen LogP contribution in [0.1, 0.15) is 28.8 Å². The third-order valence-corrected chi connectivity index (χ3v) is 4.63. The van der Waals surface area contributed by atoms with Gasteiger partial charge < -0.3 is 4.90 Å². The Labute approximate surface area is 127 Å². The normalized spacial score (nSPS) is 14.6. The summed E-state index contributed by atoms with van der Waals surface area (Å²) >= 11 is 1.58. The number of hydrogen-bond donors (Lipinski definition) is 0. The second-order valence-electron chi connectivity index (χ2n) is 5.07. The molecule has 1 aromatic carbocycles. The molecule has 1 fully saturated rings. The Morgan fingerprint density at radius 1 is 1.24 bits per heavy atom. The maximum Gasteiger partial charge on any atom is 0.253 e. The number of hydrogen-bond acceptors (Lipinski definition) is 5. The molecule has 110 valence electrons. The van der Waals surface area contributed by atoms with E-state index in [-0.39, 0.29) is 5.91 Å². The Kier molecular flexibility index (Phi) is 4.19. The number of thioether (sulfide) groups is 1. The maximum absolute atomic E-state index is 12.2. The van der Waals surface area contributed by atoms with Crippen LogP contribution in [-0.2, 0) is 12.8 Å². The van der Waals surface area contributed by atoms with Gasteiger partial charge in [0.05, 0.1) is 0 Å². The van der Waals surface area contributed by atoms with Gasteiger partial charge in [-0.25, -0.2) is 4.68 Å². The second kappa shape index (κ2) is 6.26. The van der Waals surface area contributed by atoms with Crippen LogP contribution in [0.25, 0.3) is 0 Å². The molecular weight excluding hydrogens is 286 g/mol. The molecule has 6 nitrogen and oxygen atoms in total. The molecule has 1 amide bonds. The van der Waals surface area contributed by atoms with E-state index in [0.29, 0.717) is 0 Å². The SMILES string of the molecule is Cn1nnnc1SCc1ccc(C(=O)N2CCCC2)cc1. The summed E-state index contributed by atoms with van der Waals surface area (Å²) < 4.78 is 1.65. The van der Waals surface area contributed by atoms with Gasteiger partial charge in [-0.2, -0.15) is 0 Å². The van der Waals surface area contributed by atoms with Crippen molar-refractivity contribution in [2.24, 2.45) is 7.05 Å². The maximum atomic E-state index is 12.2. The lowest BCUT2D eigenvalue weighted by Gasteiger charge is -2.15. The van der Waals surface area contributed by atoms with Crippen molar-refractivity contribution in [2.75, 3.05) is 13.1 Å². The fraction of sp³-hybridized carbons (Fsp3) is 0.429. The molecule has 0 spiro atoms. The van der Waals surface area contributed by atoms with E-state index >= 15 is 0 Å². The lowest BCUT2D eigenvalue weighted by molar-refractivity contribution is 0.0793. The quantitative estimate of drug-likeness (QED) is 0.805. The van der Waals surface area contributed by atoms with Crippen molar-refractivity contribution < 1.29 is 4.79 Å². The van der Waals surface area contributed by atoms with Crippen LogP contribution in [0.3, 0.4) is 0 Å². The first kappa shape index (κ1) is 14.1. The summed E-state index contributed by atoms with van der Waals surface area (Å²) in [5, 5.41) is 12.1. The molecule has 0 N–H and O–H groups in total. The number of benzene rings is 1. The van der Waals surface area contributed by atoms with Gasteiger partial charge in [-0.1, -0.05) is 23.9 Å². The molecule has 0 unspecified atom stereocenters. The summed E-state index contributed by atoms with van der Waals surface area (Å²) in [6.07, 6.45) is 2.23. The monoisotopic (exact) mass is 303 g/mol. The molecule has 1 saturated heterocycles. The van der Waals surface area contributed by atoms with Crippen LogP contribution < -0.4 is 0 Å². The number of nitrogens with zero attached hydrogens (tertiary/aromatic N) is 5. The van der Waals surface area contributed by atoms with Gasteiger partial charge in [-0.15, -0.1) is 5.10 Å². The first-order valence-electron chi connectivity index (χ1n) is 6.97. The van der Waals surface area contributed by atoms with Crippen molar-refractivity contribution in [3.05, 3.63) is 35.4 Å². The Morgan fingerprint density at radius 3 is 2.57 bits per heavy atom. The first-order chi connectivity index (χ1) is 10.2. The van der Waals surface area contributed by atoms with E-state index in [1.54, 1.807) is 16.4 Å². The highest BCUT2D eigenvalue weighted by Crippen LogP contribution is 2.20. The van der Waals surface area contributed by atoms with Gasteiger partial charge in [0.2, 0.25) is 5.16 Å². The van der Waals surface area contributed by atoms with Crippen LogP contribution in [0.2, 0.25) is 0 Å². The topological polar surface area (TPSA) is 63.9 Å². The van der Waals surface area contributed by atoms with Crippen molar-refractivity contribution in [1.29, 1.82) is 0 Å². The number of likely N-dealkylation sites (tertiary alicyclic amines) is 1. The number of aromatic nitrogens is 4. The predicted octanol–water partition coefficient (Wildman–Crippen LogP) is 1.74. The molecule has 0 saturated carbocycles. The fourth-order valence-corrected chi connectivity index (χ4v) is 3.14. The smallest absolute Gasteiger partial charge is 0.253 e. The van der Waals surface area contributed by atoms with Crippen molar-refractivity contribution in [2.45, 2.75) is 23.8 Å². The van der Waals surface area contributed by atoms with Gasteiger partial charge in [0.1, 0.15) is 0 Å². The molecule has 2 aromatic rings. The number of tetrazole rings is 1. The summed E-state index contributed by atoms with van der Waals surface area (Å²) in [5.41, 5.74) is 1.92. The van der Waals surface area contributed by atoms with Crippen molar-refractivity contribution >= 4 is 17.7 Å². The molecular formula is C14H17N5OS. The average Bonchev–Trinajstić information content (AvgIpc) is 3.17. The molecule has 1 aliphatic heterocycles. The Balaban J connectivity index is 1.61. The van der Waals surface area contributed by atoms with Gasteiger partial charge in [0, 0.05) is 31.5 Å². The minimum atomic E-state index is 0.143. The third kappa shape index (κ3) is 3.24. The molecule has 7 heteroatoms. The minimum absolute atomic E-state index is 0.143. The molecule has 0 atom stereocenters. The van der Waals surface area contributed by atoms with Crippen LogP contribution in [0, 0.1) is 0 Å². The summed E-state index contributed by atoms with van der Waals surface area (Å²) in [5.74, 6) is 0.927. The van der Waals surface area contributed by atoms with E-state index in [9.17, 15) is 4.79 Å². The highest BCUT2D eigenvalue weighted by Gasteiger charge is 2.19. The van der Waals surface area contributed by atoms with Crippen LogP contribution >= 0.6 is 11.8 Å². The van der Waals surface area contributed by atoms with Crippen molar-refractivity contribution in [3.63, 3.8) is 0 Å². The average molecular weight is 303 g/mol. The van der Waals surface area contributed by atoms with Crippen LogP contribution in [0.15, 0.2) is 29.4 Å². The largest absolute Gasteiger partial charge is 0.339 e. The summed E-state index contributed by atoms with van der Waals surface area (Å²) in [6, 6.07) is 7.82. The first-order valence-corrected chi connectivity index (χ1v) is 7.96. The Morgan fingerprint density at radius 2 is 1.95 bits per heavy atom. The van der Waals surface area contributed by atoms with E-state index < -0.39 is 0 Å². The lowest BCUT2D eigenvalue weighted by Crippen LogP contribution is -2.27. The van der Waals surface area contributed by atoms with Crippen LogP contribution in [0.5, 0.6) is 0 Å². The molecule has 21 heavy (non-hydrogen) atoms.